The van der Waals surface area contributed by atoms with Gasteiger partial charge in [0.05, 0.1) is 0 Å². The molecule has 0 bridgehead atoms. The van der Waals surface area contributed by atoms with Crippen molar-refractivity contribution < 1.29 is 0 Å². The molecule has 0 saturated carbocycles. The molecular weight excluding hydrogens is 418 g/mol. The number of thiophene rings is 1. The van der Waals surface area contributed by atoms with Crippen molar-refractivity contribution in [1.82, 2.24) is 14.8 Å². The standard InChI is InChI=1S/C23H22ClN3S2/c1-4-27-22(25-26-23(27)29-13-17-6-5-7-19(24)12-17)20-14-28-16(3)21(20)18-10-8-15(2)9-11-18/h5-12,14H,4,13H2,1-3H3. The number of thioether (sulfide) groups is 1. The lowest BCUT2D eigenvalue weighted by Crippen LogP contribution is -2.00. The Bertz CT molecular complexity index is 1130. The van der Waals surface area contributed by atoms with E-state index in [2.05, 4.69) is 71.2 Å². The Labute approximate surface area is 184 Å². The third-order valence-electron chi connectivity index (χ3n) is 4.85. The zero-order valence-corrected chi connectivity index (χ0v) is 19.0. The minimum atomic E-state index is 0.761. The van der Waals surface area contributed by atoms with E-state index in [4.69, 9.17) is 11.6 Å². The van der Waals surface area contributed by atoms with Crippen LogP contribution in [0.15, 0.2) is 59.1 Å². The maximum Gasteiger partial charge on any atom is 0.191 e. The van der Waals surface area contributed by atoms with Gasteiger partial charge in [0.15, 0.2) is 11.0 Å². The summed E-state index contributed by atoms with van der Waals surface area (Å²) in [6.45, 7) is 7.25. The summed E-state index contributed by atoms with van der Waals surface area (Å²) in [6.07, 6.45) is 0. The van der Waals surface area contributed by atoms with E-state index in [1.54, 1.807) is 23.1 Å². The Morgan fingerprint density at radius 1 is 1.07 bits per heavy atom. The van der Waals surface area contributed by atoms with Crippen LogP contribution >= 0.6 is 34.7 Å². The molecule has 0 amide bonds. The van der Waals surface area contributed by atoms with Crippen LogP contribution in [0.3, 0.4) is 0 Å². The Balaban J connectivity index is 1.67. The SMILES string of the molecule is CCn1c(SCc2cccc(Cl)c2)nnc1-c1csc(C)c1-c1ccc(C)cc1. The predicted molar refractivity (Wildman–Crippen MR) is 125 cm³/mol. The smallest absolute Gasteiger partial charge is 0.191 e. The molecule has 29 heavy (non-hydrogen) atoms. The number of halogens is 1. The molecule has 4 rings (SSSR count). The van der Waals surface area contributed by atoms with Crippen molar-refractivity contribution in [3.8, 4) is 22.5 Å². The molecule has 6 heteroatoms. The summed E-state index contributed by atoms with van der Waals surface area (Å²) in [7, 11) is 0. The summed E-state index contributed by atoms with van der Waals surface area (Å²) in [4.78, 5) is 1.29. The molecular formula is C23H22ClN3S2. The van der Waals surface area contributed by atoms with Gasteiger partial charge in [-0.1, -0.05) is 65.3 Å². The van der Waals surface area contributed by atoms with Crippen LogP contribution in [-0.2, 0) is 12.3 Å². The van der Waals surface area contributed by atoms with E-state index in [0.29, 0.717) is 0 Å². The average molecular weight is 440 g/mol. The van der Waals surface area contributed by atoms with E-state index in [1.165, 1.54) is 27.1 Å². The largest absolute Gasteiger partial charge is 0.302 e. The van der Waals surface area contributed by atoms with Crippen LogP contribution < -0.4 is 0 Å². The first-order valence-electron chi connectivity index (χ1n) is 9.52. The Morgan fingerprint density at radius 3 is 2.59 bits per heavy atom. The van der Waals surface area contributed by atoms with E-state index < -0.39 is 0 Å². The summed E-state index contributed by atoms with van der Waals surface area (Å²) >= 11 is 9.57. The zero-order chi connectivity index (χ0) is 20.4. The molecule has 148 valence electrons. The van der Waals surface area contributed by atoms with Crippen LogP contribution in [0.1, 0.15) is 22.9 Å². The highest BCUT2D eigenvalue weighted by molar-refractivity contribution is 7.98. The summed E-state index contributed by atoms with van der Waals surface area (Å²) < 4.78 is 2.20. The second-order valence-electron chi connectivity index (χ2n) is 6.92. The van der Waals surface area contributed by atoms with Gasteiger partial charge in [-0.15, -0.1) is 21.5 Å². The molecule has 0 N–H and O–H groups in total. The number of nitrogens with zero attached hydrogens (tertiary/aromatic N) is 3. The fourth-order valence-electron chi connectivity index (χ4n) is 3.35. The minimum Gasteiger partial charge on any atom is -0.302 e. The Hall–Kier alpha value is -2.08. The maximum atomic E-state index is 6.12. The van der Waals surface area contributed by atoms with Crippen LogP contribution in [0.2, 0.25) is 5.02 Å². The lowest BCUT2D eigenvalue weighted by atomic mass is 10.0. The first kappa shape index (κ1) is 20.2. The molecule has 0 unspecified atom stereocenters. The van der Waals surface area contributed by atoms with E-state index >= 15 is 0 Å². The molecule has 2 aromatic heterocycles. The molecule has 3 nitrogen and oxygen atoms in total. The number of rotatable bonds is 6. The van der Waals surface area contributed by atoms with Gasteiger partial charge >= 0.3 is 0 Å². The molecule has 0 aliphatic heterocycles. The third-order valence-corrected chi connectivity index (χ3v) is 7.03. The highest BCUT2D eigenvalue weighted by Gasteiger charge is 2.20. The highest BCUT2D eigenvalue weighted by Crippen LogP contribution is 2.39. The van der Waals surface area contributed by atoms with Crippen molar-refractivity contribution in [2.24, 2.45) is 0 Å². The topological polar surface area (TPSA) is 30.7 Å². The minimum absolute atomic E-state index is 0.761. The number of aryl methyl sites for hydroxylation is 2. The summed E-state index contributed by atoms with van der Waals surface area (Å²) in [5.74, 6) is 1.74. The van der Waals surface area contributed by atoms with Gasteiger partial charge in [0.1, 0.15) is 0 Å². The van der Waals surface area contributed by atoms with Crippen LogP contribution in [0, 0.1) is 13.8 Å². The van der Waals surface area contributed by atoms with E-state index in [9.17, 15) is 0 Å². The van der Waals surface area contributed by atoms with Gasteiger partial charge in [-0.2, -0.15) is 0 Å². The van der Waals surface area contributed by atoms with Gasteiger partial charge in [0, 0.05) is 38.7 Å². The maximum absolute atomic E-state index is 6.12. The van der Waals surface area contributed by atoms with Crippen molar-refractivity contribution in [3.63, 3.8) is 0 Å². The van der Waals surface area contributed by atoms with Crippen molar-refractivity contribution >= 4 is 34.7 Å². The van der Waals surface area contributed by atoms with Crippen LogP contribution in [0.5, 0.6) is 0 Å². The van der Waals surface area contributed by atoms with E-state index in [0.717, 1.165) is 33.9 Å². The molecule has 0 radical (unpaired) electrons. The van der Waals surface area contributed by atoms with Crippen molar-refractivity contribution in [2.45, 2.75) is 38.2 Å². The van der Waals surface area contributed by atoms with Crippen LogP contribution in [0.4, 0.5) is 0 Å². The molecule has 2 heterocycles. The molecule has 0 fully saturated rings. The van der Waals surface area contributed by atoms with Gasteiger partial charge in [-0.3, -0.25) is 0 Å². The molecule has 0 saturated heterocycles. The molecule has 0 spiro atoms. The van der Waals surface area contributed by atoms with E-state index in [-0.39, 0.29) is 0 Å². The Kier molecular flexibility index (Phi) is 6.09. The normalized spacial score (nSPS) is 11.2. The molecule has 0 atom stereocenters. The lowest BCUT2D eigenvalue weighted by Gasteiger charge is -2.10. The van der Waals surface area contributed by atoms with Crippen LogP contribution in [-0.4, -0.2) is 14.8 Å². The summed E-state index contributed by atoms with van der Waals surface area (Å²) in [5.41, 5.74) is 6.08. The molecule has 2 aromatic carbocycles. The van der Waals surface area contributed by atoms with Crippen molar-refractivity contribution in [3.05, 3.63) is 74.9 Å². The van der Waals surface area contributed by atoms with Crippen molar-refractivity contribution in [1.29, 1.82) is 0 Å². The van der Waals surface area contributed by atoms with Gasteiger partial charge in [-0.05, 0) is 44.0 Å². The lowest BCUT2D eigenvalue weighted by molar-refractivity contribution is 0.687. The number of aromatic nitrogens is 3. The number of hydrogen-bond acceptors (Lipinski definition) is 4. The average Bonchev–Trinajstić information content (AvgIpc) is 3.30. The number of benzene rings is 2. The van der Waals surface area contributed by atoms with Gasteiger partial charge in [-0.25, -0.2) is 0 Å². The monoisotopic (exact) mass is 439 g/mol. The summed E-state index contributed by atoms with van der Waals surface area (Å²) in [6, 6.07) is 16.7. The number of hydrogen-bond donors (Lipinski definition) is 0. The molecule has 0 aliphatic carbocycles. The van der Waals surface area contributed by atoms with Crippen molar-refractivity contribution in [2.75, 3.05) is 0 Å². The molecule has 0 aliphatic rings. The quantitative estimate of drug-likeness (QED) is 0.296. The highest BCUT2D eigenvalue weighted by atomic mass is 35.5. The second-order valence-corrected chi connectivity index (χ2v) is 9.38. The Morgan fingerprint density at radius 2 is 1.86 bits per heavy atom. The predicted octanol–water partition coefficient (Wildman–Crippen LogP) is 7.26. The second kappa shape index (κ2) is 8.74. The van der Waals surface area contributed by atoms with Gasteiger partial charge in [0.2, 0.25) is 0 Å². The van der Waals surface area contributed by atoms with Gasteiger partial charge in [0.25, 0.3) is 0 Å². The van der Waals surface area contributed by atoms with Gasteiger partial charge < -0.3 is 4.57 Å². The molecule has 4 aromatic rings. The first-order valence-corrected chi connectivity index (χ1v) is 11.8. The first-order chi connectivity index (χ1) is 14.1. The van der Waals surface area contributed by atoms with E-state index in [1.807, 2.05) is 18.2 Å². The summed E-state index contributed by atoms with van der Waals surface area (Å²) in [5, 5.41) is 13.0. The fraction of sp³-hybridized carbons (Fsp3) is 0.217. The van der Waals surface area contributed by atoms with Crippen LogP contribution in [0.25, 0.3) is 22.5 Å². The fourth-order valence-corrected chi connectivity index (χ4v) is 5.37. The zero-order valence-electron chi connectivity index (χ0n) is 16.6. The third kappa shape index (κ3) is 4.27.